The number of nitrogens with one attached hydrogen (secondary N) is 2. The molecule has 10 heteroatoms. The van der Waals surface area contributed by atoms with Crippen LogP contribution in [-0.2, 0) is 29.0 Å². The van der Waals surface area contributed by atoms with Crippen LogP contribution in [0, 0.1) is 12.8 Å². The zero-order chi connectivity index (χ0) is 34.7. The molecule has 0 bridgehead atoms. The summed E-state index contributed by atoms with van der Waals surface area (Å²) in [6.07, 6.45) is 1.40. The number of fused-ring (bicyclic) bond motifs is 2. The first kappa shape index (κ1) is 34.8. The maximum atomic E-state index is 13.9. The predicted octanol–water partition coefficient (Wildman–Crippen LogP) is 3.92. The number of β-amino-alcohol motifs (C(OH)–C–C–N with tert-alkyl or cyclic N) is 1. The van der Waals surface area contributed by atoms with Crippen LogP contribution in [0.5, 0.6) is 0 Å². The van der Waals surface area contributed by atoms with Gasteiger partial charge in [-0.3, -0.25) is 24.4 Å². The standard InChI is InChI=1S/C39H49N5O5/c1-25-16-35-29(21-40-25)19-31(49-35)23-43-14-15-44(33(24-43)38(48)42-39(2,3)4)22-30(45)18-28(17-26-10-6-5-7-11-26)37(47)41-36-32-13-9-8-12-27(32)20-34(36)46/h5-13,16,19,21,28,30,33-34,36,45-46H,14-15,17-18,20,22-24H2,1-4H3,(H,41,47)(H,42,48)/t28-,30-,33-,34+,36-/m0/s1. The third kappa shape index (κ3) is 8.75. The molecule has 4 N–H and O–H groups in total. The fourth-order valence-corrected chi connectivity index (χ4v) is 7.20. The summed E-state index contributed by atoms with van der Waals surface area (Å²) in [6.45, 7) is 10.3. The monoisotopic (exact) mass is 667 g/mol. The molecule has 0 radical (unpaired) electrons. The SMILES string of the molecule is Cc1cc2oc(CN3CCN(C[C@@H](O)C[C@H](Cc4ccccc4)C(=O)N[C@H]4c5ccccc5C[C@H]4O)[C@H](C(=O)NC(C)(C)C)C3)cc2cn1. The minimum absolute atomic E-state index is 0.0960. The fourth-order valence-electron chi connectivity index (χ4n) is 7.20. The first-order valence-electron chi connectivity index (χ1n) is 17.3. The summed E-state index contributed by atoms with van der Waals surface area (Å²) in [5, 5.41) is 29.6. The molecule has 1 aliphatic heterocycles. The highest BCUT2D eigenvalue weighted by molar-refractivity contribution is 5.83. The number of aromatic nitrogens is 1. The molecule has 5 atom stereocenters. The van der Waals surface area contributed by atoms with Crippen LogP contribution in [0.4, 0.5) is 0 Å². The van der Waals surface area contributed by atoms with Gasteiger partial charge in [-0.25, -0.2) is 0 Å². The van der Waals surface area contributed by atoms with Gasteiger partial charge in [0.05, 0.1) is 24.8 Å². The lowest BCUT2D eigenvalue weighted by Gasteiger charge is -2.42. The van der Waals surface area contributed by atoms with E-state index in [9.17, 15) is 19.8 Å². The number of pyridine rings is 1. The molecule has 4 aromatic rings. The van der Waals surface area contributed by atoms with Gasteiger partial charge in [0.25, 0.3) is 0 Å². The van der Waals surface area contributed by atoms with Crippen LogP contribution < -0.4 is 10.6 Å². The molecule has 6 rings (SSSR count). The van der Waals surface area contributed by atoms with E-state index in [1.807, 2.05) is 106 Å². The van der Waals surface area contributed by atoms with Crippen molar-refractivity contribution in [3.8, 4) is 0 Å². The lowest BCUT2D eigenvalue weighted by atomic mass is 9.91. The molecule has 3 heterocycles. The molecule has 2 aromatic carbocycles. The molecule has 1 aliphatic carbocycles. The topological polar surface area (TPSA) is 131 Å². The number of hydrogen-bond donors (Lipinski definition) is 4. The first-order valence-corrected chi connectivity index (χ1v) is 17.3. The molecule has 0 spiro atoms. The Kier molecular flexibility index (Phi) is 10.5. The predicted molar refractivity (Wildman–Crippen MR) is 189 cm³/mol. The number of rotatable bonds is 11. The Balaban J connectivity index is 1.15. The highest BCUT2D eigenvalue weighted by Crippen LogP contribution is 2.32. The lowest BCUT2D eigenvalue weighted by molar-refractivity contribution is -0.132. The molecule has 49 heavy (non-hydrogen) atoms. The van der Waals surface area contributed by atoms with Crippen molar-refractivity contribution in [3.63, 3.8) is 0 Å². The number of amides is 2. The Bertz CT molecular complexity index is 1750. The minimum atomic E-state index is -0.858. The van der Waals surface area contributed by atoms with Crippen molar-refractivity contribution in [2.45, 2.75) is 83.3 Å². The zero-order valence-electron chi connectivity index (χ0n) is 28.9. The Hall–Kier alpha value is -4.09. The normalized spacial score (nSPS) is 21.3. The van der Waals surface area contributed by atoms with Gasteiger partial charge in [-0.05, 0) is 63.3 Å². The summed E-state index contributed by atoms with van der Waals surface area (Å²) < 4.78 is 6.12. The number of aliphatic hydroxyl groups is 2. The second-order valence-corrected chi connectivity index (χ2v) is 14.8. The van der Waals surface area contributed by atoms with Gasteiger partial charge in [-0.2, -0.15) is 0 Å². The summed E-state index contributed by atoms with van der Waals surface area (Å²) in [4.78, 5) is 36.2. The molecular weight excluding hydrogens is 618 g/mol. The van der Waals surface area contributed by atoms with Crippen LogP contribution in [0.2, 0.25) is 0 Å². The van der Waals surface area contributed by atoms with Crippen LogP contribution in [0.3, 0.4) is 0 Å². The van der Waals surface area contributed by atoms with E-state index in [4.69, 9.17) is 4.42 Å². The Morgan fingerprint density at radius 2 is 1.82 bits per heavy atom. The van der Waals surface area contributed by atoms with E-state index >= 15 is 0 Å². The highest BCUT2D eigenvalue weighted by atomic mass is 16.3. The van der Waals surface area contributed by atoms with Crippen molar-refractivity contribution in [1.29, 1.82) is 0 Å². The number of hydrogen-bond acceptors (Lipinski definition) is 8. The molecule has 0 saturated carbocycles. The van der Waals surface area contributed by atoms with Crippen LogP contribution >= 0.6 is 0 Å². The Labute approximate surface area is 288 Å². The van der Waals surface area contributed by atoms with E-state index in [2.05, 4.69) is 20.5 Å². The van der Waals surface area contributed by atoms with Crippen molar-refractivity contribution in [1.82, 2.24) is 25.4 Å². The number of benzene rings is 2. The minimum Gasteiger partial charge on any atom is -0.460 e. The Morgan fingerprint density at radius 3 is 2.59 bits per heavy atom. The first-order chi connectivity index (χ1) is 23.4. The molecule has 2 aliphatic rings. The third-order valence-electron chi connectivity index (χ3n) is 9.54. The molecule has 10 nitrogen and oxygen atoms in total. The summed E-state index contributed by atoms with van der Waals surface area (Å²) in [5.74, 6) is -0.0182. The number of carbonyl (C=O) groups is 2. The van der Waals surface area contributed by atoms with Crippen LogP contribution in [0.25, 0.3) is 11.0 Å². The van der Waals surface area contributed by atoms with E-state index in [1.165, 1.54) is 0 Å². The summed E-state index contributed by atoms with van der Waals surface area (Å²) in [5.41, 5.74) is 4.23. The molecule has 2 amide bonds. The van der Waals surface area contributed by atoms with Gasteiger partial charge in [0, 0.05) is 67.4 Å². The number of aliphatic hydroxyl groups excluding tert-OH is 2. The lowest BCUT2D eigenvalue weighted by Crippen LogP contribution is -2.61. The van der Waals surface area contributed by atoms with Crippen molar-refractivity contribution in [3.05, 3.63) is 101 Å². The number of piperazine rings is 1. The molecule has 1 fully saturated rings. The van der Waals surface area contributed by atoms with Gasteiger partial charge in [0.15, 0.2) is 0 Å². The number of aryl methyl sites for hydroxylation is 1. The maximum absolute atomic E-state index is 13.9. The molecule has 0 unspecified atom stereocenters. The highest BCUT2D eigenvalue weighted by Gasteiger charge is 2.37. The van der Waals surface area contributed by atoms with Gasteiger partial charge in [-0.15, -0.1) is 0 Å². The maximum Gasteiger partial charge on any atom is 0.239 e. The Morgan fingerprint density at radius 1 is 1.06 bits per heavy atom. The second kappa shape index (κ2) is 14.8. The molecule has 2 aromatic heterocycles. The molecular formula is C39H49N5O5. The summed E-state index contributed by atoms with van der Waals surface area (Å²) in [6, 6.07) is 20.5. The third-order valence-corrected chi connectivity index (χ3v) is 9.54. The number of nitrogens with zero attached hydrogens (tertiary/aromatic N) is 3. The van der Waals surface area contributed by atoms with Gasteiger partial charge in [-0.1, -0.05) is 54.6 Å². The quantitative estimate of drug-likeness (QED) is 0.189. The summed E-state index contributed by atoms with van der Waals surface area (Å²) in [7, 11) is 0. The average molecular weight is 668 g/mol. The van der Waals surface area contributed by atoms with Crippen molar-refractivity contribution in [2.75, 3.05) is 26.2 Å². The van der Waals surface area contributed by atoms with E-state index in [1.54, 1.807) is 0 Å². The largest absolute Gasteiger partial charge is 0.460 e. The van der Waals surface area contributed by atoms with Crippen molar-refractivity contribution in [2.24, 2.45) is 5.92 Å². The number of carbonyl (C=O) groups excluding carboxylic acids is 2. The smallest absolute Gasteiger partial charge is 0.239 e. The van der Waals surface area contributed by atoms with Crippen LogP contribution in [-0.4, -0.2) is 86.8 Å². The van der Waals surface area contributed by atoms with E-state index in [-0.39, 0.29) is 24.8 Å². The number of furan rings is 1. The summed E-state index contributed by atoms with van der Waals surface area (Å²) >= 11 is 0. The van der Waals surface area contributed by atoms with Crippen molar-refractivity contribution >= 4 is 22.8 Å². The van der Waals surface area contributed by atoms with E-state index in [0.29, 0.717) is 39.0 Å². The zero-order valence-corrected chi connectivity index (χ0v) is 28.9. The van der Waals surface area contributed by atoms with Gasteiger partial charge >= 0.3 is 0 Å². The van der Waals surface area contributed by atoms with Gasteiger partial charge < -0.3 is 25.3 Å². The van der Waals surface area contributed by atoms with Crippen LogP contribution in [0.15, 0.2) is 77.3 Å². The van der Waals surface area contributed by atoms with Gasteiger partial charge in [0.2, 0.25) is 11.8 Å². The van der Waals surface area contributed by atoms with E-state index in [0.717, 1.165) is 39.1 Å². The second-order valence-electron chi connectivity index (χ2n) is 14.8. The van der Waals surface area contributed by atoms with Gasteiger partial charge in [0.1, 0.15) is 17.4 Å². The average Bonchev–Trinajstić information content (AvgIpc) is 3.59. The van der Waals surface area contributed by atoms with Crippen LogP contribution in [0.1, 0.15) is 61.4 Å². The van der Waals surface area contributed by atoms with E-state index < -0.39 is 35.7 Å². The molecule has 1 saturated heterocycles. The fraction of sp³-hybridized carbons (Fsp3) is 0.462. The van der Waals surface area contributed by atoms with Crippen molar-refractivity contribution < 1.29 is 24.2 Å². The molecule has 260 valence electrons.